The van der Waals surface area contributed by atoms with Crippen LogP contribution in [-0.4, -0.2) is 71.4 Å². The molecular weight excluding hydrogens is 532 g/mol. The number of imidazole rings is 1. The average molecular weight is 577 g/mol. The third-order valence-electron chi connectivity index (χ3n) is 5.88. The van der Waals surface area contributed by atoms with Gasteiger partial charge in [0.2, 0.25) is 5.95 Å². The molecule has 0 aliphatic carbocycles. The van der Waals surface area contributed by atoms with Crippen LogP contribution in [0.3, 0.4) is 0 Å². The van der Waals surface area contributed by atoms with Crippen molar-refractivity contribution in [2.75, 3.05) is 44.5 Å². The molecule has 13 heteroatoms. The summed E-state index contributed by atoms with van der Waals surface area (Å²) in [4.78, 5) is 36.9. The van der Waals surface area contributed by atoms with Gasteiger partial charge in [-0.25, -0.2) is 14.6 Å². The number of aromatic nitrogens is 4. The van der Waals surface area contributed by atoms with Gasteiger partial charge >= 0.3 is 12.3 Å². The Morgan fingerprint density at radius 2 is 1.49 bits per heavy atom. The largest absolute Gasteiger partial charge is 0.508 e. The van der Waals surface area contributed by atoms with Crippen LogP contribution in [0.1, 0.15) is 65.2 Å². The Bertz CT molecular complexity index is 1070. The summed E-state index contributed by atoms with van der Waals surface area (Å²) < 4.78 is 28.2. The number of carbonyl (C=O) groups is 2. The van der Waals surface area contributed by atoms with Crippen molar-refractivity contribution in [3.63, 3.8) is 0 Å². The molecule has 0 amide bonds. The van der Waals surface area contributed by atoms with E-state index in [0.29, 0.717) is 17.1 Å². The van der Waals surface area contributed by atoms with Crippen molar-refractivity contribution in [1.29, 1.82) is 0 Å². The van der Waals surface area contributed by atoms with Crippen LogP contribution in [0.25, 0.3) is 11.2 Å². The molecule has 3 N–H and O–H groups in total. The lowest BCUT2D eigenvalue weighted by molar-refractivity contribution is -0.0712. The van der Waals surface area contributed by atoms with Gasteiger partial charge in [0, 0.05) is 7.05 Å². The summed E-state index contributed by atoms with van der Waals surface area (Å²) in [7, 11) is 1.67. The zero-order chi connectivity index (χ0) is 29.7. The van der Waals surface area contributed by atoms with Gasteiger partial charge in [0.1, 0.15) is 31.6 Å². The fraction of sp³-hybridized carbons (Fsp3) is 0.607. The zero-order valence-electron chi connectivity index (χ0n) is 24.4. The van der Waals surface area contributed by atoms with Crippen LogP contribution >= 0.6 is 0 Å². The number of ether oxygens (including phenoxy) is 5. The molecule has 2 heterocycles. The van der Waals surface area contributed by atoms with E-state index in [9.17, 15) is 9.59 Å². The van der Waals surface area contributed by atoms with Crippen LogP contribution in [0, 0.1) is 0 Å². The smallest absolute Gasteiger partial charge is 0.434 e. The number of hydrogen-bond acceptors (Lipinski definition) is 12. The van der Waals surface area contributed by atoms with E-state index >= 15 is 0 Å². The van der Waals surface area contributed by atoms with E-state index in [0.717, 1.165) is 51.4 Å². The fourth-order valence-electron chi connectivity index (χ4n) is 3.63. The molecule has 0 aliphatic heterocycles. The minimum Gasteiger partial charge on any atom is -0.434 e. The molecule has 228 valence electrons. The molecule has 0 unspecified atom stereocenters. The Morgan fingerprint density at radius 1 is 0.902 bits per heavy atom. The fourth-order valence-corrected chi connectivity index (χ4v) is 3.63. The van der Waals surface area contributed by atoms with Crippen molar-refractivity contribution in [1.82, 2.24) is 19.5 Å². The van der Waals surface area contributed by atoms with Gasteiger partial charge in [-0.3, -0.25) is 4.57 Å². The van der Waals surface area contributed by atoms with E-state index in [1.54, 1.807) is 11.6 Å². The minimum atomic E-state index is -0.820. The first-order chi connectivity index (χ1) is 20.0. The second-order valence-corrected chi connectivity index (χ2v) is 9.14. The molecule has 0 spiro atoms. The molecule has 0 saturated carbocycles. The molecule has 41 heavy (non-hydrogen) atoms. The molecule has 0 fully saturated rings. The van der Waals surface area contributed by atoms with Crippen LogP contribution in [0.4, 0.5) is 21.4 Å². The number of nitrogens with one attached hydrogen (secondary N) is 1. The third kappa shape index (κ3) is 13.4. The number of carbonyl (C=O) groups excluding carboxylic acids is 2. The van der Waals surface area contributed by atoms with Gasteiger partial charge in [-0.1, -0.05) is 24.3 Å². The van der Waals surface area contributed by atoms with Gasteiger partial charge in [-0.05, 0) is 65.2 Å². The molecule has 2 aromatic rings. The van der Waals surface area contributed by atoms with Crippen LogP contribution in [0.5, 0.6) is 0 Å². The lowest BCUT2D eigenvalue weighted by atomic mass is 10.2. The lowest BCUT2D eigenvalue weighted by Crippen LogP contribution is -2.30. The normalized spacial score (nSPS) is 12.2. The predicted molar refractivity (Wildman–Crippen MR) is 155 cm³/mol. The van der Waals surface area contributed by atoms with E-state index < -0.39 is 18.4 Å². The highest BCUT2D eigenvalue weighted by Gasteiger charge is 2.19. The van der Waals surface area contributed by atoms with Crippen LogP contribution in [0.15, 0.2) is 30.6 Å². The summed E-state index contributed by atoms with van der Waals surface area (Å²) in [5.41, 5.74) is 6.83. The van der Waals surface area contributed by atoms with Crippen LogP contribution in [0.2, 0.25) is 0 Å². The maximum atomic E-state index is 12.1. The maximum absolute atomic E-state index is 12.1. The number of nitrogen functional groups attached to an aromatic ring is 1. The van der Waals surface area contributed by atoms with Crippen LogP contribution in [-0.2, 0) is 30.4 Å². The Balaban J connectivity index is 1.86. The zero-order valence-corrected chi connectivity index (χ0v) is 24.4. The predicted octanol–water partition coefficient (Wildman–Crippen LogP) is 5.37. The summed E-state index contributed by atoms with van der Waals surface area (Å²) in [6, 6.07) is 0. The highest BCUT2D eigenvalue weighted by atomic mass is 16.7. The SMILES string of the molecule is CC=CCCCCCOC(=O)OCC(COC(=O)OCCCCCC=CC)OCn1cnc2c(N)nc(NC)nc21. The highest BCUT2D eigenvalue weighted by molar-refractivity contribution is 5.82. The monoisotopic (exact) mass is 576 g/mol. The molecule has 2 rings (SSSR count). The van der Waals surface area contributed by atoms with Gasteiger partial charge < -0.3 is 34.7 Å². The molecule has 0 atom stereocenters. The number of allylic oxidation sites excluding steroid dienone is 4. The van der Waals surface area contributed by atoms with Crippen molar-refractivity contribution in [2.24, 2.45) is 0 Å². The standard InChI is InChI=1S/C28H44N6O7/c1-4-6-8-10-12-14-16-37-27(35)39-18-22(19-40-28(36)38-17-15-13-11-9-7-5-2)41-21-34-20-31-23-24(29)32-26(30-3)33-25(23)34/h4-7,20,22H,8-19,21H2,1-3H3,(H3,29,30,32,33). The minimum absolute atomic E-state index is 0.0317. The Kier molecular flexibility index (Phi) is 16.3. The second-order valence-electron chi connectivity index (χ2n) is 9.14. The number of rotatable bonds is 20. The van der Waals surface area contributed by atoms with Crippen molar-refractivity contribution < 1.29 is 33.3 Å². The molecule has 0 saturated heterocycles. The topological polar surface area (TPSA) is 162 Å². The number of nitrogens with zero attached hydrogens (tertiary/aromatic N) is 4. The summed E-state index contributed by atoms with van der Waals surface area (Å²) in [6.07, 6.45) is 14.7. The van der Waals surface area contributed by atoms with Gasteiger partial charge in [0.25, 0.3) is 0 Å². The molecular formula is C28H44N6O7. The van der Waals surface area contributed by atoms with Crippen LogP contribution < -0.4 is 11.1 Å². The molecule has 0 bridgehead atoms. The van der Waals surface area contributed by atoms with Crippen molar-refractivity contribution in [3.8, 4) is 0 Å². The first-order valence-corrected chi connectivity index (χ1v) is 14.1. The first-order valence-electron chi connectivity index (χ1n) is 14.1. The summed E-state index contributed by atoms with van der Waals surface area (Å²) in [5.74, 6) is 0.546. The quantitative estimate of drug-likeness (QED) is 0.118. The highest BCUT2D eigenvalue weighted by Crippen LogP contribution is 2.18. The second kappa shape index (κ2) is 20.1. The number of anilines is 2. The Labute approximate surface area is 241 Å². The molecule has 0 aromatic carbocycles. The summed E-state index contributed by atoms with van der Waals surface area (Å²) in [5, 5.41) is 2.84. The summed E-state index contributed by atoms with van der Waals surface area (Å²) in [6.45, 7) is 4.05. The average Bonchev–Trinajstić information content (AvgIpc) is 3.39. The summed E-state index contributed by atoms with van der Waals surface area (Å²) >= 11 is 0. The molecule has 2 aromatic heterocycles. The van der Waals surface area contributed by atoms with Gasteiger partial charge in [-0.15, -0.1) is 0 Å². The van der Waals surface area contributed by atoms with Gasteiger partial charge in [0.05, 0.1) is 19.5 Å². The number of hydrogen-bond donors (Lipinski definition) is 2. The first kappa shape index (κ1) is 33.3. The lowest BCUT2D eigenvalue weighted by Gasteiger charge is -2.18. The van der Waals surface area contributed by atoms with Gasteiger partial charge in [0.15, 0.2) is 11.5 Å². The third-order valence-corrected chi connectivity index (χ3v) is 5.88. The number of fused-ring (bicyclic) bond motifs is 1. The molecule has 0 aliphatic rings. The van der Waals surface area contributed by atoms with E-state index in [1.807, 2.05) is 26.0 Å². The van der Waals surface area contributed by atoms with Crippen molar-refractivity contribution in [2.45, 2.75) is 78.0 Å². The Morgan fingerprint density at radius 3 is 2.02 bits per heavy atom. The van der Waals surface area contributed by atoms with E-state index in [2.05, 4.69) is 32.4 Å². The van der Waals surface area contributed by atoms with E-state index in [1.165, 1.54) is 6.33 Å². The Hall–Kier alpha value is -3.87. The number of unbranched alkanes of at least 4 members (excludes halogenated alkanes) is 6. The van der Waals surface area contributed by atoms with Gasteiger partial charge in [-0.2, -0.15) is 9.97 Å². The number of nitrogens with two attached hydrogens (primary N) is 1. The van der Waals surface area contributed by atoms with E-state index in [-0.39, 0.29) is 39.0 Å². The van der Waals surface area contributed by atoms with E-state index in [4.69, 9.17) is 29.4 Å². The maximum Gasteiger partial charge on any atom is 0.508 e. The van der Waals surface area contributed by atoms with Crippen molar-refractivity contribution in [3.05, 3.63) is 30.6 Å². The molecule has 13 nitrogen and oxygen atoms in total. The van der Waals surface area contributed by atoms with Crippen molar-refractivity contribution >= 4 is 35.2 Å². The molecule has 0 radical (unpaired) electrons.